The number of hydrogen-bond donors (Lipinski definition) is 4. The first kappa shape index (κ1) is 30.7. The summed E-state index contributed by atoms with van der Waals surface area (Å²) in [5.74, 6) is -1.20. The number of anilines is 2. The number of pyridine rings is 1. The van der Waals surface area contributed by atoms with Crippen molar-refractivity contribution in [1.29, 1.82) is 0 Å². The van der Waals surface area contributed by atoms with E-state index >= 15 is 0 Å². The molecular weight excluding hydrogens is 558 g/mol. The van der Waals surface area contributed by atoms with Gasteiger partial charge in [-0.05, 0) is 67.6 Å². The number of nitrogens with one attached hydrogen (secondary N) is 3. The van der Waals surface area contributed by atoms with E-state index in [1.807, 2.05) is 18.2 Å². The Hall–Kier alpha value is -4.29. The highest BCUT2D eigenvalue weighted by Gasteiger charge is 2.40. The summed E-state index contributed by atoms with van der Waals surface area (Å²) in [7, 11) is -3.90. The normalized spacial score (nSPS) is 16.0. The molecule has 0 spiro atoms. The van der Waals surface area contributed by atoms with Crippen LogP contribution in [-0.4, -0.2) is 65.8 Å². The van der Waals surface area contributed by atoms with Gasteiger partial charge in [-0.1, -0.05) is 36.4 Å². The molecule has 1 saturated heterocycles. The molecule has 222 valence electrons. The number of carboxylic acids is 1. The van der Waals surface area contributed by atoms with Gasteiger partial charge in [-0.15, -0.1) is 0 Å². The van der Waals surface area contributed by atoms with Gasteiger partial charge < -0.3 is 21.1 Å². The van der Waals surface area contributed by atoms with E-state index in [1.54, 1.807) is 48.7 Å². The van der Waals surface area contributed by atoms with Crippen molar-refractivity contribution in [3.8, 4) is 0 Å². The third kappa shape index (κ3) is 8.37. The number of carboxylic acid groups (broad SMARTS) is 1. The van der Waals surface area contributed by atoms with Crippen molar-refractivity contribution in [3.63, 3.8) is 0 Å². The number of aliphatic carboxylic acids is 1. The molecule has 2 heterocycles. The fourth-order valence-electron chi connectivity index (χ4n) is 4.76. The SMILES string of the molecule is O=C(CCCCNc1ccccn1)Nc1ccc(C[C@H](NC(=O)[C@@H]2CCCN2S(=O)(=O)c2ccccc2)C(=O)O)cc1. The molecule has 1 aliphatic heterocycles. The van der Waals surface area contributed by atoms with E-state index in [9.17, 15) is 27.9 Å². The van der Waals surface area contributed by atoms with Crippen molar-refractivity contribution in [3.05, 3.63) is 84.6 Å². The molecule has 1 aromatic heterocycles. The quantitative estimate of drug-likeness (QED) is 0.207. The van der Waals surface area contributed by atoms with E-state index in [2.05, 4.69) is 20.9 Å². The van der Waals surface area contributed by atoms with Gasteiger partial charge in [-0.3, -0.25) is 9.59 Å². The van der Waals surface area contributed by atoms with Crippen LogP contribution in [0.4, 0.5) is 11.5 Å². The standard InChI is InChI=1S/C30H35N5O6S/c36-28(13-5-7-19-32-27-12-4-6-18-31-27)33-23-16-14-22(15-17-23)21-25(30(38)39)34-29(37)26-11-8-20-35(26)42(40,41)24-9-2-1-3-10-24/h1-4,6,9-10,12,14-18,25-26H,5,7-8,11,13,19-21H2,(H,31,32)(H,33,36)(H,34,37)(H,38,39)/t25-,26-/m0/s1. The van der Waals surface area contributed by atoms with Crippen LogP contribution in [0.15, 0.2) is 83.9 Å². The molecule has 0 bridgehead atoms. The van der Waals surface area contributed by atoms with Gasteiger partial charge in [0.25, 0.3) is 0 Å². The molecule has 11 nitrogen and oxygen atoms in total. The van der Waals surface area contributed by atoms with Crippen molar-refractivity contribution in [2.75, 3.05) is 23.7 Å². The highest BCUT2D eigenvalue weighted by atomic mass is 32.2. The number of rotatable bonds is 14. The average Bonchev–Trinajstić information content (AvgIpc) is 3.50. The summed E-state index contributed by atoms with van der Waals surface area (Å²) in [4.78, 5) is 41.7. The van der Waals surface area contributed by atoms with Crippen LogP contribution in [0.5, 0.6) is 0 Å². The summed E-state index contributed by atoms with van der Waals surface area (Å²) in [5, 5.41) is 18.3. The van der Waals surface area contributed by atoms with Crippen molar-refractivity contribution in [2.24, 2.45) is 0 Å². The summed E-state index contributed by atoms with van der Waals surface area (Å²) < 4.78 is 27.4. The van der Waals surface area contributed by atoms with Gasteiger partial charge in [0, 0.05) is 37.8 Å². The summed E-state index contributed by atoms with van der Waals surface area (Å²) in [6, 6.07) is 18.0. The molecule has 2 amide bonds. The minimum atomic E-state index is -3.90. The molecule has 1 aliphatic rings. The smallest absolute Gasteiger partial charge is 0.326 e. The van der Waals surface area contributed by atoms with E-state index in [4.69, 9.17) is 0 Å². The van der Waals surface area contributed by atoms with Crippen molar-refractivity contribution < 1.29 is 27.9 Å². The number of carbonyl (C=O) groups is 3. The van der Waals surface area contributed by atoms with Gasteiger partial charge >= 0.3 is 5.97 Å². The fourth-order valence-corrected chi connectivity index (χ4v) is 6.44. The molecule has 4 rings (SSSR count). The monoisotopic (exact) mass is 593 g/mol. The molecule has 2 aromatic carbocycles. The Labute approximate surface area is 245 Å². The predicted molar refractivity (Wildman–Crippen MR) is 158 cm³/mol. The van der Waals surface area contributed by atoms with Gasteiger partial charge in [0.2, 0.25) is 21.8 Å². The zero-order chi connectivity index (χ0) is 30.0. The number of hydrogen-bond acceptors (Lipinski definition) is 7. The van der Waals surface area contributed by atoms with Crippen LogP contribution in [0, 0.1) is 0 Å². The minimum absolute atomic E-state index is 0.00325. The molecule has 12 heteroatoms. The van der Waals surface area contributed by atoms with Gasteiger partial charge in [-0.2, -0.15) is 4.31 Å². The van der Waals surface area contributed by atoms with Crippen molar-refractivity contribution in [2.45, 2.75) is 55.5 Å². The molecule has 0 saturated carbocycles. The minimum Gasteiger partial charge on any atom is -0.480 e. The second-order valence-corrected chi connectivity index (χ2v) is 11.9. The van der Waals surface area contributed by atoms with Crippen LogP contribution in [0.25, 0.3) is 0 Å². The number of nitrogens with zero attached hydrogens (tertiary/aromatic N) is 2. The maximum atomic E-state index is 13.1. The summed E-state index contributed by atoms with van der Waals surface area (Å²) in [5.41, 5.74) is 1.22. The molecule has 42 heavy (non-hydrogen) atoms. The number of aromatic nitrogens is 1. The Morgan fingerprint density at radius 3 is 2.40 bits per heavy atom. The molecule has 2 atom stereocenters. The molecular formula is C30H35N5O6S. The number of benzene rings is 2. The van der Waals surface area contributed by atoms with Crippen LogP contribution < -0.4 is 16.0 Å². The van der Waals surface area contributed by atoms with Crippen LogP contribution in [0.3, 0.4) is 0 Å². The maximum Gasteiger partial charge on any atom is 0.326 e. The molecule has 4 N–H and O–H groups in total. The highest BCUT2D eigenvalue weighted by Crippen LogP contribution is 2.26. The number of unbranched alkanes of at least 4 members (excludes halogenated alkanes) is 1. The first-order chi connectivity index (χ1) is 20.2. The van der Waals surface area contributed by atoms with E-state index in [0.717, 1.165) is 16.5 Å². The van der Waals surface area contributed by atoms with E-state index in [0.29, 0.717) is 43.5 Å². The van der Waals surface area contributed by atoms with Crippen LogP contribution >= 0.6 is 0 Å². The van der Waals surface area contributed by atoms with E-state index in [-0.39, 0.29) is 23.8 Å². The van der Waals surface area contributed by atoms with Crippen molar-refractivity contribution in [1.82, 2.24) is 14.6 Å². The topological polar surface area (TPSA) is 158 Å². The lowest BCUT2D eigenvalue weighted by molar-refractivity contribution is -0.142. The molecule has 0 unspecified atom stereocenters. The zero-order valence-corrected chi connectivity index (χ0v) is 23.9. The number of carbonyl (C=O) groups excluding carboxylic acids is 2. The fraction of sp³-hybridized carbons (Fsp3) is 0.333. The van der Waals surface area contributed by atoms with Gasteiger partial charge in [-0.25, -0.2) is 18.2 Å². The Balaban J connectivity index is 1.26. The lowest BCUT2D eigenvalue weighted by atomic mass is 10.0. The number of amides is 2. The first-order valence-electron chi connectivity index (χ1n) is 13.9. The summed E-state index contributed by atoms with van der Waals surface area (Å²) in [6.45, 7) is 0.893. The molecule has 3 aromatic rings. The Morgan fingerprint density at radius 1 is 0.976 bits per heavy atom. The Bertz CT molecular complexity index is 1450. The predicted octanol–water partition coefficient (Wildman–Crippen LogP) is 3.27. The van der Waals surface area contributed by atoms with E-state index in [1.165, 1.54) is 12.1 Å². The van der Waals surface area contributed by atoms with Crippen LogP contribution in [0.2, 0.25) is 0 Å². The van der Waals surface area contributed by atoms with Gasteiger partial charge in [0.15, 0.2) is 0 Å². The number of sulfonamides is 1. The van der Waals surface area contributed by atoms with Crippen molar-refractivity contribution >= 4 is 39.3 Å². The molecule has 0 radical (unpaired) electrons. The second kappa shape index (κ2) is 14.6. The van der Waals surface area contributed by atoms with Gasteiger partial charge in [0.05, 0.1) is 4.90 Å². The average molecular weight is 594 g/mol. The molecule has 0 aliphatic carbocycles. The summed E-state index contributed by atoms with van der Waals surface area (Å²) in [6.07, 6.45) is 4.38. The molecule has 1 fully saturated rings. The maximum absolute atomic E-state index is 13.1. The highest BCUT2D eigenvalue weighted by molar-refractivity contribution is 7.89. The second-order valence-electron chi connectivity index (χ2n) is 10.0. The van der Waals surface area contributed by atoms with Gasteiger partial charge in [0.1, 0.15) is 17.9 Å². The Kier molecular flexibility index (Phi) is 10.6. The lowest BCUT2D eigenvalue weighted by Crippen LogP contribution is -2.51. The van der Waals surface area contributed by atoms with E-state index < -0.39 is 34.0 Å². The van der Waals surface area contributed by atoms with Crippen LogP contribution in [-0.2, 0) is 30.8 Å². The third-order valence-corrected chi connectivity index (χ3v) is 8.87. The lowest BCUT2D eigenvalue weighted by Gasteiger charge is -2.25. The first-order valence-corrected chi connectivity index (χ1v) is 15.3. The largest absolute Gasteiger partial charge is 0.480 e. The Morgan fingerprint density at radius 2 is 1.71 bits per heavy atom. The van der Waals surface area contributed by atoms with Crippen LogP contribution in [0.1, 0.15) is 37.7 Å². The summed E-state index contributed by atoms with van der Waals surface area (Å²) >= 11 is 0. The third-order valence-electron chi connectivity index (χ3n) is 6.95. The zero-order valence-electron chi connectivity index (χ0n) is 23.1.